The molecular weight excluding hydrogens is 400 g/mol. The molecule has 0 saturated heterocycles. The number of fused-ring (bicyclic) bond motifs is 3. The minimum absolute atomic E-state index is 0.153. The second kappa shape index (κ2) is 7.78. The van der Waals surface area contributed by atoms with Crippen LogP contribution in [0.4, 0.5) is 5.82 Å². The molecule has 1 atom stereocenters. The third-order valence-corrected chi connectivity index (χ3v) is 6.62. The van der Waals surface area contributed by atoms with Crippen LogP contribution >= 0.6 is 0 Å². The summed E-state index contributed by atoms with van der Waals surface area (Å²) in [6.07, 6.45) is 13.0. The van der Waals surface area contributed by atoms with Gasteiger partial charge in [-0.05, 0) is 24.8 Å². The maximum absolute atomic E-state index is 5.14. The van der Waals surface area contributed by atoms with Crippen LogP contribution in [0.3, 0.4) is 0 Å². The summed E-state index contributed by atoms with van der Waals surface area (Å²) in [5.41, 5.74) is 3.86. The molecule has 1 fully saturated rings. The van der Waals surface area contributed by atoms with E-state index in [1.807, 2.05) is 29.0 Å². The van der Waals surface area contributed by atoms with Crippen LogP contribution in [0.25, 0.3) is 28.2 Å². The molecular formula is C24H24N8. The Morgan fingerprint density at radius 1 is 0.938 bits per heavy atom. The highest BCUT2D eigenvalue weighted by Crippen LogP contribution is 2.43. The van der Waals surface area contributed by atoms with E-state index in [-0.39, 0.29) is 6.04 Å². The van der Waals surface area contributed by atoms with Gasteiger partial charge in [-0.3, -0.25) is 4.57 Å². The largest absolute Gasteiger partial charge is 0.342 e. The average Bonchev–Trinajstić information content (AvgIpc) is 3.56. The summed E-state index contributed by atoms with van der Waals surface area (Å²) in [6.45, 7) is 2.21. The Labute approximate surface area is 186 Å². The molecule has 0 unspecified atom stereocenters. The molecule has 2 aliphatic rings. The van der Waals surface area contributed by atoms with Crippen LogP contribution in [0.15, 0.2) is 55.2 Å². The van der Waals surface area contributed by atoms with Gasteiger partial charge in [0.25, 0.3) is 0 Å². The smallest absolute Gasteiger partial charge is 0.163 e. The first kappa shape index (κ1) is 19.0. The van der Waals surface area contributed by atoms with Crippen LogP contribution < -0.4 is 4.90 Å². The molecule has 0 bridgehead atoms. The minimum Gasteiger partial charge on any atom is -0.342 e. The Morgan fingerprint density at radius 2 is 1.72 bits per heavy atom. The molecule has 0 amide bonds. The van der Waals surface area contributed by atoms with Crippen molar-refractivity contribution in [2.45, 2.75) is 51.1 Å². The normalized spacial score (nSPS) is 17.9. The number of anilines is 1. The molecule has 0 radical (unpaired) electrons. The Balaban J connectivity index is 1.53. The summed E-state index contributed by atoms with van der Waals surface area (Å²) in [5.74, 6) is 2.59. The fourth-order valence-electron chi connectivity index (χ4n) is 5.12. The molecule has 1 aromatic carbocycles. The van der Waals surface area contributed by atoms with Gasteiger partial charge in [0.1, 0.15) is 12.0 Å². The summed E-state index contributed by atoms with van der Waals surface area (Å²) in [7, 11) is 0. The molecule has 0 spiro atoms. The van der Waals surface area contributed by atoms with E-state index in [1.165, 1.54) is 25.7 Å². The van der Waals surface area contributed by atoms with Crippen molar-refractivity contribution in [1.29, 1.82) is 0 Å². The van der Waals surface area contributed by atoms with Crippen LogP contribution in [0, 0.1) is 0 Å². The van der Waals surface area contributed by atoms with Crippen molar-refractivity contribution in [3.8, 4) is 28.2 Å². The van der Waals surface area contributed by atoms with E-state index in [2.05, 4.69) is 44.4 Å². The van der Waals surface area contributed by atoms with E-state index in [0.29, 0.717) is 11.9 Å². The second-order valence-corrected chi connectivity index (χ2v) is 8.41. The average molecular weight is 425 g/mol. The van der Waals surface area contributed by atoms with E-state index >= 15 is 0 Å². The van der Waals surface area contributed by atoms with E-state index in [9.17, 15) is 0 Å². The van der Waals surface area contributed by atoms with Crippen molar-refractivity contribution < 1.29 is 0 Å². The molecule has 0 N–H and O–H groups in total. The van der Waals surface area contributed by atoms with E-state index in [1.54, 1.807) is 18.7 Å². The third-order valence-electron chi connectivity index (χ3n) is 6.62. The topological polar surface area (TPSA) is 85.5 Å². The number of nitrogens with zero attached hydrogens (tertiary/aromatic N) is 8. The monoisotopic (exact) mass is 424 g/mol. The molecule has 8 nitrogen and oxygen atoms in total. The number of aromatic nitrogens is 7. The van der Waals surface area contributed by atoms with Gasteiger partial charge in [-0.1, -0.05) is 50.1 Å². The lowest BCUT2D eigenvalue weighted by Gasteiger charge is -2.40. The predicted molar refractivity (Wildman–Crippen MR) is 121 cm³/mol. The zero-order valence-corrected chi connectivity index (χ0v) is 18.0. The van der Waals surface area contributed by atoms with Crippen LogP contribution in [-0.2, 0) is 0 Å². The Bertz CT molecular complexity index is 1250. The molecule has 4 aromatic rings. The molecule has 160 valence electrons. The number of benzene rings is 1. The third kappa shape index (κ3) is 2.97. The maximum atomic E-state index is 5.14. The fourth-order valence-corrected chi connectivity index (χ4v) is 5.12. The highest BCUT2D eigenvalue weighted by molar-refractivity contribution is 5.80. The molecule has 1 aliphatic heterocycles. The maximum Gasteiger partial charge on any atom is 0.163 e. The molecule has 3 aromatic heterocycles. The zero-order chi connectivity index (χ0) is 21.5. The lowest BCUT2D eigenvalue weighted by atomic mass is 10.0. The zero-order valence-electron chi connectivity index (χ0n) is 18.0. The molecule has 6 rings (SSSR count). The molecule has 1 aliphatic carbocycles. The first-order valence-corrected chi connectivity index (χ1v) is 11.3. The molecule has 4 heterocycles. The SMILES string of the molecule is CC[C@@H]1c2nncn2-c2cnc(-c3cnncc3-c3ccccc3)nc2N1C1CCCC1. The summed E-state index contributed by atoms with van der Waals surface area (Å²) in [5, 5.41) is 16.9. The lowest BCUT2D eigenvalue weighted by Crippen LogP contribution is -2.42. The summed E-state index contributed by atoms with van der Waals surface area (Å²) in [6, 6.07) is 10.8. The summed E-state index contributed by atoms with van der Waals surface area (Å²) >= 11 is 0. The Kier molecular flexibility index (Phi) is 4.63. The molecule has 1 saturated carbocycles. The van der Waals surface area contributed by atoms with Gasteiger partial charge < -0.3 is 4.90 Å². The van der Waals surface area contributed by atoms with Gasteiger partial charge in [-0.15, -0.1) is 10.2 Å². The van der Waals surface area contributed by atoms with Crippen molar-refractivity contribution in [2.75, 3.05) is 4.90 Å². The number of hydrogen-bond donors (Lipinski definition) is 0. The lowest BCUT2D eigenvalue weighted by molar-refractivity contribution is 0.469. The van der Waals surface area contributed by atoms with Crippen molar-refractivity contribution in [3.63, 3.8) is 0 Å². The van der Waals surface area contributed by atoms with Crippen LogP contribution in [-0.4, -0.2) is 41.0 Å². The van der Waals surface area contributed by atoms with E-state index in [4.69, 9.17) is 9.97 Å². The van der Waals surface area contributed by atoms with Crippen molar-refractivity contribution in [2.24, 2.45) is 0 Å². The standard InChI is InChI=1S/C24H24N8/c1-2-20-24-30-28-15-31(24)21-14-25-22(29-23(21)32(20)17-10-6-7-11-17)19-13-27-26-12-18(19)16-8-4-3-5-9-16/h3-5,8-9,12-15,17,20H,2,6-7,10-11H2,1H3/t20-/m1/s1. The van der Waals surface area contributed by atoms with Crippen molar-refractivity contribution in [3.05, 3.63) is 61.1 Å². The van der Waals surface area contributed by atoms with Crippen LogP contribution in [0.1, 0.15) is 50.9 Å². The molecule has 8 heteroatoms. The van der Waals surface area contributed by atoms with Crippen molar-refractivity contribution in [1.82, 2.24) is 34.9 Å². The number of hydrogen-bond acceptors (Lipinski definition) is 7. The van der Waals surface area contributed by atoms with Gasteiger partial charge in [-0.25, -0.2) is 9.97 Å². The van der Waals surface area contributed by atoms with Gasteiger partial charge in [0, 0.05) is 17.2 Å². The first-order chi connectivity index (χ1) is 15.8. The Morgan fingerprint density at radius 3 is 2.50 bits per heavy atom. The van der Waals surface area contributed by atoms with Gasteiger partial charge in [0.2, 0.25) is 0 Å². The fraction of sp³-hybridized carbons (Fsp3) is 0.333. The van der Waals surface area contributed by atoms with E-state index < -0.39 is 0 Å². The molecule has 32 heavy (non-hydrogen) atoms. The van der Waals surface area contributed by atoms with Crippen LogP contribution in [0.5, 0.6) is 0 Å². The van der Waals surface area contributed by atoms with Gasteiger partial charge in [-0.2, -0.15) is 10.2 Å². The highest BCUT2D eigenvalue weighted by Gasteiger charge is 2.38. The van der Waals surface area contributed by atoms with Gasteiger partial charge in [0.05, 0.1) is 24.6 Å². The summed E-state index contributed by atoms with van der Waals surface area (Å²) in [4.78, 5) is 12.4. The minimum atomic E-state index is 0.153. The second-order valence-electron chi connectivity index (χ2n) is 8.41. The van der Waals surface area contributed by atoms with Gasteiger partial charge in [0.15, 0.2) is 17.5 Å². The highest BCUT2D eigenvalue weighted by atomic mass is 15.4. The first-order valence-electron chi connectivity index (χ1n) is 11.3. The summed E-state index contributed by atoms with van der Waals surface area (Å²) < 4.78 is 2.04. The predicted octanol–water partition coefficient (Wildman–Crippen LogP) is 4.40. The van der Waals surface area contributed by atoms with Crippen molar-refractivity contribution >= 4 is 5.82 Å². The van der Waals surface area contributed by atoms with E-state index in [0.717, 1.165) is 40.4 Å². The van der Waals surface area contributed by atoms with Gasteiger partial charge >= 0.3 is 0 Å². The number of rotatable bonds is 4. The quantitative estimate of drug-likeness (QED) is 0.480. The van der Waals surface area contributed by atoms with Crippen LogP contribution in [0.2, 0.25) is 0 Å². The Hall–Kier alpha value is -3.68.